The van der Waals surface area contributed by atoms with E-state index in [0.29, 0.717) is 6.10 Å². The summed E-state index contributed by atoms with van der Waals surface area (Å²) in [5.41, 5.74) is 0. The molecule has 0 aromatic carbocycles. The van der Waals surface area contributed by atoms with Crippen molar-refractivity contribution in [3.63, 3.8) is 0 Å². The van der Waals surface area contributed by atoms with Gasteiger partial charge in [-0.1, -0.05) is 0 Å². The van der Waals surface area contributed by atoms with Crippen molar-refractivity contribution in [2.75, 3.05) is 26.2 Å². The zero-order chi connectivity index (χ0) is 11.5. The molecule has 1 aliphatic carbocycles. The maximum Gasteiger partial charge on any atom is 0.0587 e. The van der Waals surface area contributed by atoms with Crippen LogP contribution in [0.1, 0.15) is 44.9 Å². The Labute approximate surface area is 105 Å². The molecule has 0 aromatic rings. The van der Waals surface area contributed by atoms with Gasteiger partial charge in [0.15, 0.2) is 0 Å². The van der Waals surface area contributed by atoms with Gasteiger partial charge in [0.1, 0.15) is 0 Å². The van der Waals surface area contributed by atoms with Crippen LogP contribution >= 0.6 is 0 Å². The Morgan fingerprint density at radius 2 is 2.06 bits per heavy atom. The molecule has 0 spiro atoms. The van der Waals surface area contributed by atoms with Crippen LogP contribution in [-0.4, -0.2) is 49.3 Å². The molecule has 2 saturated heterocycles. The second-order valence-electron chi connectivity index (χ2n) is 5.94. The van der Waals surface area contributed by atoms with E-state index in [-0.39, 0.29) is 0 Å². The number of ether oxygens (including phenoxy) is 1. The monoisotopic (exact) mass is 238 g/mol. The molecule has 17 heavy (non-hydrogen) atoms. The average Bonchev–Trinajstić information content (AvgIpc) is 3.11. The molecule has 3 nitrogen and oxygen atoms in total. The normalized spacial score (nSPS) is 35.3. The summed E-state index contributed by atoms with van der Waals surface area (Å²) in [6.07, 6.45) is 9.90. The highest BCUT2D eigenvalue weighted by Crippen LogP contribution is 2.29. The van der Waals surface area contributed by atoms with Gasteiger partial charge in [-0.05, 0) is 51.5 Å². The molecule has 0 bridgehead atoms. The molecule has 3 fully saturated rings. The van der Waals surface area contributed by atoms with E-state index in [1.165, 1.54) is 58.0 Å². The molecule has 1 saturated carbocycles. The first-order valence-electron chi connectivity index (χ1n) is 7.51. The Balaban J connectivity index is 1.29. The average molecular weight is 238 g/mol. The van der Waals surface area contributed by atoms with Crippen molar-refractivity contribution in [3.8, 4) is 0 Å². The molecule has 3 heteroatoms. The van der Waals surface area contributed by atoms with Gasteiger partial charge in [-0.15, -0.1) is 0 Å². The van der Waals surface area contributed by atoms with Crippen molar-refractivity contribution in [1.82, 2.24) is 10.2 Å². The van der Waals surface area contributed by atoms with Crippen LogP contribution in [0.2, 0.25) is 0 Å². The third-order valence-corrected chi connectivity index (χ3v) is 4.46. The number of rotatable bonds is 5. The van der Waals surface area contributed by atoms with Crippen molar-refractivity contribution < 1.29 is 4.74 Å². The van der Waals surface area contributed by atoms with Gasteiger partial charge in [0, 0.05) is 31.8 Å². The number of nitrogens with zero attached hydrogens (tertiary/aromatic N) is 1. The summed E-state index contributed by atoms with van der Waals surface area (Å²) in [6.45, 7) is 4.75. The number of nitrogens with one attached hydrogen (secondary N) is 1. The van der Waals surface area contributed by atoms with Gasteiger partial charge in [-0.3, -0.25) is 4.90 Å². The molecule has 0 amide bonds. The minimum absolute atomic E-state index is 0.539. The third-order valence-electron chi connectivity index (χ3n) is 4.46. The lowest BCUT2D eigenvalue weighted by Gasteiger charge is -2.23. The minimum Gasteiger partial charge on any atom is -0.378 e. The van der Waals surface area contributed by atoms with Gasteiger partial charge in [-0.25, -0.2) is 0 Å². The Morgan fingerprint density at radius 1 is 1.12 bits per heavy atom. The highest BCUT2D eigenvalue weighted by Gasteiger charge is 2.34. The van der Waals surface area contributed by atoms with E-state index in [1.54, 1.807) is 0 Å². The van der Waals surface area contributed by atoms with Gasteiger partial charge >= 0.3 is 0 Å². The number of hydrogen-bond donors (Lipinski definition) is 1. The summed E-state index contributed by atoms with van der Waals surface area (Å²) in [5, 5.41) is 3.72. The van der Waals surface area contributed by atoms with Crippen molar-refractivity contribution in [2.24, 2.45) is 0 Å². The molecule has 0 radical (unpaired) electrons. The molecule has 2 aliphatic heterocycles. The molecule has 2 heterocycles. The van der Waals surface area contributed by atoms with Gasteiger partial charge in [0.25, 0.3) is 0 Å². The summed E-state index contributed by atoms with van der Waals surface area (Å²) in [5.74, 6) is 0. The standard InChI is InChI=1S/C14H26N2O/c1-2-10-17-14(3-1)6-8-15-12-7-9-16(11-12)13-4-5-13/h12-15H,1-11H2. The lowest BCUT2D eigenvalue weighted by atomic mass is 10.1. The predicted molar refractivity (Wildman–Crippen MR) is 69.2 cm³/mol. The molecule has 3 aliphatic rings. The molecule has 2 atom stereocenters. The van der Waals surface area contributed by atoms with Gasteiger partial charge in [0.05, 0.1) is 6.10 Å². The van der Waals surface area contributed by atoms with Crippen LogP contribution in [0.4, 0.5) is 0 Å². The Hall–Kier alpha value is -0.120. The molecular formula is C14H26N2O. The topological polar surface area (TPSA) is 24.5 Å². The smallest absolute Gasteiger partial charge is 0.0587 e. The zero-order valence-corrected chi connectivity index (χ0v) is 10.9. The van der Waals surface area contributed by atoms with Crippen molar-refractivity contribution >= 4 is 0 Å². The summed E-state index contributed by atoms with van der Waals surface area (Å²) >= 11 is 0. The van der Waals surface area contributed by atoms with E-state index in [0.717, 1.165) is 25.2 Å². The van der Waals surface area contributed by atoms with Crippen LogP contribution in [0.3, 0.4) is 0 Å². The first kappa shape index (κ1) is 11.9. The summed E-state index contributed by atoms with van der Waals surface area (Å²) < 4.78 is 5.76. The van der Waals surface area contributed by atoms with Crippen LogP contribution in [0.5, 0.6) is 0 Å². The highest BCUT2D eigenvalue weighted by atomic mass is 16.5. The van der Waals surface area contributed by atoms with Gasteiger partial charge in [-0.2, -0.15) is 0 Å². The Bertz CT molecular complexity index is 236. The fourth-order valence-electron chi connectivity index (χ4n) is 3.21. The maximum absolute atomic E-state index is 5.76. The largest absolute Gasteiger partial charge is 0.378 e. The molecule has 0 aromatic heterocycles. The summed E-state index contributed by atoms with van der Waals surface area (Å²) in [6, 6.07) is 1.70. The number of hydrogen-bond acceptors (Lipinski definition) is 3. The molecular weight excluding hydrogens is 212 g/mol. The molecule has 2 unspecified atom stereocenters. The van der Waals surface area contributed by atoms with E-state index >= 15 is 0 Å². The van der Waals surface area contributed by atoms with Crippen LogP contribution < -0.4 is 5.32 Å². The SMILES string of the molecule is C1CCC(CCNC2CCN(C3CC3)C2)OC1. The predicted octanol–water partition coefficient (Wildman–Crippen LogP) is 1.77. The van der Waals surface area contributed by atoms with E-state index < -0.39 is 0 Å². The van der Waals surface area contributed by atoms with Crippen LogP contribution in [-0.2, 0) is 4.74 Å². The van der Waals surface area contributed by atoms with Gasteiger partial charge in [0.2, 0.25) is 0 Å². The molecule has 3 rings (SSSR count). The first-order valence-corrected chi connectivity index (χ1v) is 7.51. The Kier molecular flexibility index (Phi) is 3.99. The fraction of sp³-hybridized carbons (Fsp3) is 1.00. The lowest BCUT2D eigenvalue weighted by molar-refractivity contribution is 0.0112. The first-order chi connectivity index (χ1) is 8.42. The van der Waals surface area contributed by atoms with Gasteiger partial charge < -0.3 is 10.1 Å². The van der Waals surface area contributed by atoms with Crippen LogP contribution in [0, 0.1) is 0 Å². The van der Waals surface area contributed by atoms with E-state index in [4.69, 9.17) is 4.74 Å². The summed E-state index contributed by atoms with van der Waals surface area (Å²) in [4.78, 5) is 2.68. The van der Waals surface area contributed by atoms with E-state index in [9.17, 15) is 0 Å². The zero-order valence-electron chi connectivity index (χ0n) is 10.9. The second-order valence-corrected chi connectivity index (χ2v) is 5.94. The minimum atomic E-state index is 0.539. The van der Waals surface area contributed by atoms with Crippen LogP contribution in [0.15, 0.2) is 0 Å². The second kappa shape index (κ2) is 5.68. The van der Waals surface area contributed by atoms with Crippen molar-refractivity contribution in [3.05, 3.63) is 0 Å². The lowest BCUT2D eigenvalue weighted by Crippen LogP contribution is -2.35. The molecule has 1 N–H and O–H groups in total. The van der Waals surface area contributed by atoms with Crippen molar-refractivity contribution in [1.29, 1.82) is 0 Å². The highest BCUT2D eigenvalue weighted by molar-refractivity contribution is 4.91. The Morgan fingerprint density at radius 3 is 2.82 bits per heavy atom. The molecule has 98 valence electrons. The van der Waals surface area contributed by atoms with Crippen molar-refractivity contribution in [2.45, 2.75) is 63.1 Å². The quantitative estimate of drug-likeness (QED) is 0.790. The van der Waals surface area contributed by atoms with Crippen LogP contribution in [0.25, 0.3) is 0 Å². The third kappa shape index (κ3) is 3.43. The summed E-state index contributed by atoms with van der Waals surface area (Å²) in [7, 11) is 0. The van der Waals surface area contributed by atoms with E-state index in [2.05, 4.69) is 10.2 Å². The number of likely N-dealkylation sites (tertiary alicyclic amines) is 1. The van der Waals surface area contributed by atoms with E-state index in [1.807, 2.05) is 0 Å². The maximum atomic E-state index is 5.76. The fourth-order valence-corrected chi connectivity index (χ4v) is 3.21.